The molecule has 1 aromatic rings. The Hall–Kier alpha value is -1.41. The lowest BCUT2D eigenvalue weighted by molar-refractivity contribution is -0.123. The number of rotatable bonds is 10. The summed E-state index contributed by atoms with van der Waals surface area (Å²) < 4.78 is 10.8. The third-order valence-electron chi connectivity index (χ3n) is 6.76. The number of nitrogens with two attached hydrogens (primary N) is 1. The predicted octanol–water partition coefficient (Wildman–Crippen LogP) is 1.94. The van der Waals surface area contributed by atoms with Crippen molar-refractivity contribution in [2.45, 2.75) is 75.0 Å². The van der Waals surface area contributed by atoms with Crippen LogP contribution in [-0.2, 0) is 26.0 Å². The van der Waals surface area contributed by atoms with Crippen LogP contribution in [0, 0.1) is 0 Å². The first kappa shape index (κ1) is 21.3. The molecule has 3 saturated carbocycles. The third-order valence-corrected chi connectivity index (χ3v) is 6.76. The molecule has 4 rings (SSSR count). The Morgan fingerprint density at radius 3 is 2.39 bits per heavy atom. The van der Waals surface area contributed by atoms with Crippen molar-refractivity contribution in [3.63, 3.8) is 0 Å². The SMILES string of the molecule is COC12CCC(c3ccc(CC(=O)N[C@@H](CCCN)O[B]O)cc3)(CC1)CC2. The van der Waals surface area contributed by atoms with Gasteiger partial charge in [-0.2, -0.15) is 0 Å². The van der Waals surface area contributed by atoms with Gasteiger partial charge in [-0.15, -0.1) is 0 Å². The van der Waals surface area contributed by atoms with Gasteiger partial charge in [-0.25, -0.2) is 0 Å². The van der Waals surface area contributed by atoms with Gasteiger partial charge in [0.25, 0.3) is 0 Å². The van der Waals surface area contributed by atoms with Crippen molar-refractivity contribution >= 4 is 13.6 Å². The molecule has 0 unspecified atom stereocenters. The zero-order valence-corrected chi connectivity index (χ0v) is 16.8. The Kier molecular flexibility index (Phi) is 7.15. The Balaban J connectivity index is 1.57. The summed E-state index contributed by atoms with van der Waals surface area (Å²) in [6.45, 7) is 0.510. The molecule has 3 aliphatic rings. The van der Waals surface area contributed by atoms with Crippen molar-refractivity contribution in [2.75, 3.05) is 13.7 Å². The van der Waals surface area contributed by atoms with Gasteiger partial charge in [-0.1, -0.05) is 24.3 Å². The van der Waals surface area contributed by atoms with Gasteiger partial charge in [-0.3, -0.25) is 4.79 Å². The lowest BCUT2D eigenvalue weighted by Gasteiger charge is -2.53. The highest BCUT2D eigenvalue weighted by atomic mass is 16.5. The Labute approximate surface area is 168 Å². The van der Waals surface area contributed by atoms with Crippen LogP contribution in [0.25, 0.3) is 0 Å². The van der Waals surface area contributed by atoms with Crippen molar-refractivity contribution in [2.24, 2.45) is 5.73 Å². The number of amides is 1. The predicted molar refractivity (Wildman–Crippen MR) is 109 cm³/mol. The molecular weight excluding hydrogens is 355 g/mol. The molecule has 7 heteroatoms. The Morgan fingerprint density at radius 2 is 1.86 bits per heavy atom. The normalized spacial score (nSPS) is 27.4. The molecule has 0 heterocycles. The minimum absolute atomic E-state index is 0.119. The van der Waals surface area contributed by atoms with E-state index in [0.29, 0.717) is 27.1 Å². The molecule has 1 aromatic carbocycles. The molecule has 28 heavy (non-hydrogen) atoms. The summed E-state index contributed by atoms with van der Waals surface area (Å²) in [4.78, 5) is 12.3. The number of ether oxygens (including phenoxy) is 1. The van der Waals surface area contributed by atoms with Crippen molar-refractivity contribution in [3.05, 3.63) is 35.4 Å². The topological polar surface area (TPSA) is 93.8 Å². The summed E-state index contributed by atoms with van der Waals surface area (Å²) in [7, 11) is 2.46. The van der Waals surface area contributed by atoms with Crippen LogP contribution in [0.5, 0.6) is 0 Å². The second-order valence-corrected chi connectivity index (χ2v) is 8.27. The quantitative estimate of drug-likeness (QED) is 0.422. The minimum Gasteiger partial charge on any atom is -0.429 e. The number of carbonyl (C=O) groups is 1. The van der Waals surface area contributed by atoms with E-state index >= 15 is 0 Å². The van der Waals surface area contributed by atoms with Crippen LogP contribution in [0.15, 0.2) is 24.3 Å². The van der Waals surface area contributed by atoms with Crippen LogP contribution in [0.3, 0.4) is 0 Å². The van der Waals surface area contributed by atoms with Crippen molar-refractivity contribution < 1.29 is 19.2 Å². The summed E-state index contributed by atoms with van der Waals surface area (Å²) >= 11 is 0. The number of nitrogens with one attached hydrogen (secondary N) is 1. The zero-order valence-electron chi connectivity index (χ0n) is 16.8. The number of hydrogen-bond donors (Lipinski definition) is 3. The molecule has 0 aromatic heterocycles. The number of benzene rings is 1. The van der Waals surface area contributed by atoms with E-state index in [1.54, 1.807) is 0 Å². The van der Waals surface area contributed by atoms with Crippen LogP contribution in [0.1, 0.15) is 62.5 Å². The van der Waals surface area contributed by atoms with Gasteiger partial charge in [0.05, 0.1) is 12.0 Å². The van der Waals surface area contributed by atoms with Gasteiger partial charge in [0.1, 0.15) is 6.23 Å². The van der Waals surface area contributed by atoms with Crippen LogP contribution in [-0.4, -0.2) is 44.1 Å². The molecule has 6 nitrogen and oxygen atoms in total. The monoisotopic (exact) mass is 387 g/mol. The molecule has 1 atom stereocenters. The van der Waals surface area contributed by atoms with Crippen molar-refractivity contribution in [1.82, 2.24) is 5.32 Å². The van der Waals surface area contributed by atoms with Gasteiger partial charge in [-0.05, 0) is 74.5 Å². The summed E-state index contributed by atoms with van der Waals surface area (Å²) in [6.07, 6.45) is 7.96. The Morgan fingerprint density at radius 1 is 1.21 bits per heavy atom. The highest BCUT2D eigenvalue weighted by Crippen LogP contribution is 2.54. The fraction of sp³-hybridized carbons (Fsp3) is 0.667. The van der Waals surface area contributed by atoms with Crippen LogP contribution < -0.4 is 11.1 Å². The number of methoxy groups -OCH3 is 1. The standard InChI is InChI=1S/C21H32BN2O4/c1-27-21-11-8-20(9-12-21,10-13-21)17-6-4-16(5-7-17)15-18(25)24-19(28-22-26)3-2-14-23/h4-7,19,26H,2-3,8-15,23H2,1H3,(H,24,25)/t19-,20?,21?/m1/s1. The highest BCUT2D eigenvalue weighted by molar-refractivity contribution is 6.15. The highest BCUT2D eigenvalue weighted by Gasteiger charge is 2.49. The summed E-state index contributed by atoms with van der Waals surface area (Å²) in [5, 5.41) is 11.6. The summed E-state index contributed by atoms with van der Waals surface area (Å²) in [5.74, 6) is -0.130. The Bertz CT molecular complexity index is 628. The smallest absolute Gasteiger partial charge is 0.429 e. The first-order valence-electron chi connectivity index (χ1n) is 10.3. The maximum Gasteiger partial charge on any atom is 0.486 e. The van der Waals surface area contributed by atoms with Crippen molar-refractivity contribution in [1.29, 1.82) is 0 Å². The van der Waals surface area contributed by atoms with E-state index in [0.717, 1.165) is 24.8 Å². The van der Waals surface area contributed by atoms with E-state index in [2.05, 4.69) is 29.6 Å². The first-order valence-corrected chi connectivity index (χ1v) is 10.3. The summed E-state index contributed by atoms with van der Waals surface area (Å²) in [5.41, 5.74) is 8.25. The average Bonchev–Trinajstić information content (AvgIpc) is 2.74. The summed E-state index contributed by atoms with van der Waals surface area (Å²) in [6, 6.07) is 8.50. The lowest BCUT2D eigenvalue weighted by Crippen LogP contribution is -2.49. The van der Waals surface area contributed by atoms with Gasteiger partial charge in [0.2, 0.25) is 5.91 Å². The maximum absolute atomic E-state index is 12.3. The molecule has 1 amide bonds. The average molecular weight is 387 g/mol. The second kappa shape index (κ2) is 9.40. The molecule has 4 N–H and O–H groups in total. The number of hydrogen-bond acceptors (Lipinski definition) is 5. The number of carbonyl (C=O) groups excluding carboxylic acids is 1. The van der Waals surface area contributed by atoms with Crippen LogP contribution in [0.2, 0.25) is 0 Å². The second-order valence-electron chi connectivity index (χ2n) is 8.27. The molecular formula is C21H32BN2O4. The van der Waals surface area contributed by atoms with Gasteiger partial charge < -0.3 is 25.5 Å². The molecule has 153 valence electrons. The fourth-order valence-electron chi connectivity index (χ4n) is 4.83. The van der Waals surface area contributed by atoms with E-state index < -0.39 is 6.23 Å². The van der Waals surface area contributed by atoms with E-state index in [-0.39, 0.29) is 23.3 Å². The van der Waals surface area contributed by atoms with Crippen molar-refractivity contribution in [3.8, 4) is 0 Å². The molecule has 3 aliphatic carbocycles. The van der Waals surface area contributed by atoms with Crippen LogP contribution >= 0.6 is 0 Å². The molecule has 0 saturated heterocycles. The van der Waals surface area contributed by atoms with E-state index in [1.807, 2.05) is 7.11 Å². The zero-order chi connectivity index (χ0) is 20.0. The lowest BCUT2D eigenvalue weighted by atomic mass is 9.56. The fourth-order valence-corrected chi connectivity index (χ4v) is 4.83. The molecule has 0 aliphatic heterocycles. The van der Waals surface area contributed by atoms with Gasteiger partial charge in [0, 0.05) is 7.11 Å². The largest absolute Gasteiger partial charge is 0.486 e. The molecule has 3 fully saturated rings. The van der Waals surface area contributed by atoms with E-state index in [1.165, 1.54) is 24.8 Å². The first-order chi connectivity index (χ1) is 13.5. The minimum atomic E-state index is -0.551. The third kappa shape index (κ3) is 4.77. The van der Waals surface area contributed by atoms with Gasteiger partial charge >= 0.3 is 7.69 Å². The maximum atomic E-state index is 12.3. The van der Waals surface area contributed by atoms with Crippen LogP contribution in [0.4, 0.5) is 0 Å². The molecule has 0 spiro atoms. The van der Waals surface area contributed by atoms with E-state index in [4.69, 9.17) is 20.1 Å². The molecule has 1 radical (unpaired) electrons. The number of fused-ring (bicyclic) bond motifs is 3. The molecule has 2 bridgehead atoms. The van der Waals surface area contributed by atoms with E-state index in [9.17, 15) is 4.79 Å². The van der Waals surface area contributed by atoms with Gasteiger partial charge in [0.15, 0.2) is 0 Å².